The minimum absolute atomic E-state index is 0.00638. The van der Waals surface area contributed by atoms with Gasteiger partial charge in [0.1, 0.15) is 16.9 Å². The number of carbonyl (C=O) groups is 2. The summed E-state index contributed by atoms with van der Waals surface area (Å²) >= 11 is 0. The molecule has 1 aromatic carbocycles. The largest absolute Gasteiger partial charge is 0.506 e. The van der Waals surface area contributed by atoms with Gasteiger partial charge in [0.05, 0.1) is 11.8 Å². The predicted octanol–water partition coefficient (Wildman–Crippen LogP) is 2.85. The Bertz CT molecular complexity index is 1160. The maximum absolute atomic E-state index is 12.3. The molecule has 3 heterocycles. The van der Waals surface area contributed by atoms with Crippen molar-refractivity contribution in [2.45, 2.75) is 26.2 Å². The number of hydrogen-bond donors (Lipinski definition) is 1. The van der Waals surface area contributed by atoms with E-state index in [0.29, 0.717) is 16.7 Å². The Morgan fingerprint density at radius 1 is 1.33 bits per heavy atom. The van der Waals surface area contributed by atoms with Crippen LogP contribution in [0.4, 0.5) is 0 Å². The van der Waals surface area contributed by atoms with E-state index in [2.05, 4.69) is 4.98 Å². The zero-order valence-electron chi connectivity index (χ0n) is 14.6. The Kier molecular flexibility index (Phi) is 3.80. The lowest BCUT2D eigenvalue weighted by molar-refractivity contribution is -0.135. The topological polar surface area (TPSA) is 107 Å². The van der Waals surface area contributed by atoms with Crippen LogP contribution >= 0.6 is 0 Å². The third-order valence-electron chi connectivity index (χ3n) is 4.72. The number of pyridine rings is 1. The Balaban J connectivity index is 2.20. The number of esters is 1. The van der Waals surface area contributed by atoms with Crippen LogP contribution in [0.2, 0.25) is 0 Å². The molecule has 1 aliphatic rings. The van der Waals surface area contributed by atoms with Crippen molar-refractivity contribution in [3.8, 4) is 11.5 Å². The van der Waals surface area contributed by atoms with Crippen LogP contribution in [0.1, 0.15) is 46.3 Å². The van der Waals surface area contributed by atoms with E-state index < -0.39 is 23.3 Å². The predicted molar refractivity (Wildman–Crippen MR) is 95.2 cm³/mol. The Hall–Kier alpha value is -3.48. The first kappa shape index (κ1) is 17.0. The molecule has 0 fully saturated rings. The molecule has 7 nitrogen and oxygen atoms in total. The molecule has 3 aromatic rings. The average Bonchev–Trinajstić information content (AvgIpc) is 2.60. The second-order valence-corrected chi connectivity index (χ2v) is 6.49. The summed E-state index contributed by atoms with van der Waals surface area (Å²) in [6.45, 7) is 2.92. The maximum atomic E-state index is 12.3. The molecule has 1 atom stereocenters. The first-order chi connectivity index (χ1) is 12.9. The zero-order valence-corrected chi connectivity index (χ0v) is 14.6. The quantitative estimate of drug-likeness (QED) is 0.322. The van der Waals surface area contributed by atoms with Gasteiger partial charge >= 0.3 is 11.6 Å². The van der Waals surface area contributed by atoms with Crippen LogP contribution in [-0.2, 0) is 4.79 Å². The van der Waals surface area contributed by atoms with Gasteiger partial charge in [-0.25, -0.2) is 4.79 Å². The van der Waals surface area contributed by atoms with Gasteiger partial charge in [0.15, 0.2) is 11.5 Å². The van der Waals surface area contributed by atoms with Gasteiger partial charge in [-0.3, -0.25) is 14.6 Å². The van der Waals surface area contributed by atoms with Crippen LogP contribution in [0.15, 0.2) is 39.8 Å². The maximum Gasteiger partial charge on any atom is 0.336 e. The van der Waals surface area contributed by atoms with Gasteiger partial charge in [0, 0.05) is 29.9 Å². The fraction of sp³-hybridized carbons (Fsp3) is 0.200. The van der Waals surface area contributed by atoms with Gasteiger partial charge in [-0.2, -0.15) is 0 Å². The van der Waals surface area contributed by atoms with Crippen LogP contribution in [0.3, 0.4) is 0 Å². The number of phenolic OH excluding ortho intramolecular Hbond substituents is 1. The van der Waals surface area contributed by atoms with E-state index in [1.165, 1.54) is 13.0 Å². The molecule has 136 valence electrons. The first-order valence-electron chi connectivity index (χ1n) is 8.33. The summed E-state index contributed by atoms with van der Waals surface area (Å²) in [5.41, 5.74) is 0.975. The molecule has 0 saturated heterocycles. The number of carbonyl (C=O) groups excluding carboxylic acids is 2. The van der Waals surface area contributed by atoms with Gasteiger partial charge in [0.25, 0.3) is 0 Å². The Morgan fingerprint density at radius 2 is 2.11 bits per heavy atom. The Labute approximate surface area is 153 Å². The highest BCUT2D eigenvalue weighted by Gasteiger charge is 2.37. The van der Waals surface area contributed by atoms with Gasteiger partial charge < -0.3 is 14.3 Å². The smallest absolute Gasteiger partial charge is 0.336 e. The number of Topliss-reactive ketones (excluding diaryl/α,β-unsaturated/α-hetero) is 1. The van der Waals surface area contributed by atoms with E-state index >= 15 is 0 Å². The summed E-state index contributed by atoms with van der Waals surface area (Å²) in [6, 6.07) is 4.76. The van der Waals surface area contributed by atoms with E-state index in [1.807, 2.05) is 0 Å². The molecule has 1 unspecified atom stereocenters. The van der Waals surface area contributed by atoms with E-state index in [1.54, 1.807) is 31.5 Å². The minimum atomic E-state index is -0.598. The summed E-state index contributed by atoms with van der Waals surface area (Å²) in [4.78, 5) is 40.6. The fourth-order valence-corrected chi connectivity index (χ4v) is 3.60. The van der Waals surface area contributed by atoms with Crippen molar-refractivity contribution in [3.05, 3.63) is 63.3 Å². The van der Waals surface area contributed by atoms with Crippen LogP contribution in [0.5, 0.6) is 11.5 Å². The highest BCUT2D eigenvalue weighted by molar-refractivity contribution is 6.08. The number of aromatic nitrogens is 1. The lowest BCUT2D eigenvalue weighted by Crippen LogP contribution is -2.23. The molecule has 27 heavy (non-hydrogen) atoms. The molecule has 0 amide bonds. The molecular formula is C20H15NO6. The van der Waals surface area contributed by atoms with Crippen LogP contribution in [0, 0.1) is 6.92 Å². The number of fused-ring (bicyclic) bond motifs is 3. The zero-order chi connectivity index (χ0) is 19.3. The molecule has 7 heteroatoms. The number of rotatable bonds is 2. The summed E-state index contributed by atoms with van der Waals surface area (Å²) < 4.78 is 10.7. The van der Waals surface area contributed by atoms with E-state index in [-0.39, 0.29) is 34.5 Å². The number of ketones is 1. The molecule has 2 aromatic heterocycles. The summed E-state index contributed by atoms with van der Waals surface area (Å²) in [5.74, 6) is -1.96. The molecule has 0 radical (unpaired) electrons. The highest BCUT2D eigenvalue weighted by atomic mass is 16.5. The lowest BCUT2D eigenvalue weighted by atomic mass is 9.83. The molecule has 0 spiro atoms. The van der Waals surface area contributed by atoms with Gasteiger partial charge in [0.2, 0.25) is 0 Å². The average molecular weight is 365 g/mol. The number of phenols is 1. The van der Waals surface area contributed by atoms with E-state index in [4.69, 9.17) is 9.15 Å². The standard InChI is InChI=1S/C20H15NO6/c1-9-6-13(23)26-19-15(9)18(25)16(10(2)22)20-17(19)12(7-14(24)27-20)11-4-3-5-21-8-11/h3-6,8,12,25H,7H2,1-2H3. The molecule has 4 rings (SSSR count). The number of benzene rings is 1. The van der Waals surface area contributed by atoms with Crippen molar-refractivity contribution in [2.75, 3.05) is 0 Å². The molecule has 0 bridgehead atoms. The van der Waals surface area contributed by atoms with Crippen LogP contribution in [0.25, 0.3) is 11.0 Å². The highest BCUT2D eigenvalue weighted by Crippen LogP contribution is 2.49. The van der Waals surface area contributed by atoms with Crippen molar-refractivity contribution >= 4 is 22.7 Å². The fourth-order valence-electron chi connectivity index (χ4n) is 3.60. The van der Waals surface area contributed by atoms with Crippen molar-refractivity contribution < 1.29 is 23.8 Å². The third kappa shape index (κ3) is 2.59. The second-order valence-electron chi connectivity index (χ2n) is 6.49. The molecule has 0 saturated carbocycles. The number of aromatic hydroxyl groups is 1. The molecule has 1 N–H and O–H groups in total. The number of hydrogen-bond acceptors (Lipinski definition) is 7. The van der Waals surface area contributed by atoms with Crippen molar-refractivity contribution in [1.29, 1.82) is 0 Å². The Morgan fingerprint density at radius 3 is 2.78 bits per heavy atom. The van der Waals surface area contributed by atoms with Crippen LogP contribution in [-0.4, -0.2) is 21.8 Å². The van der Waals surface area contributed by atoms with Gasteiger partial charge in [-0.15, -0.1) is 0 Å². The number of ether oxygens (including phenoxy) is 1. The van der Waals surface area contributed by atoms with Crippen molar-refractivity contribution in [3.63, 3.8) is 0 Å². The molecule has 1 aliphatic heterocycles. The summed E-state index contributed by atoms with van der Waals surface area (Å²) in [7, 11) is 0. The third-order valence-corrected chi connectivity index (χ3v) is 4.72. The van der Waals surface area contributed by atoms with Gasteiger partial charge in [-0.05, 0) is 31.0 Å². The van der Waals surface area contributed by atoms with Crippen molar-refractivity contribution in [1.82, 2.24) is 4.98 Å². The molecule has 0 aliphatic carbocycles. The summed E-state index contributed by atoms with van der Waals surface area (Å²) in [5, 5.41) is 11.0. The number of aryl methyl sites for hydroxylation is 1. The van der Waals surface area contributed by atoms with Crippen molar-refractivity contribution in [2.24, 2.45) is 0 Å². The monoisotopic (exact) mass is 365 g/mol. The second kappa shape index (κ2) is 6.05. The van der Waals surface area contributed by atoms with E-state index in [0.717, 1.165) is 0 Å². The summed E-state index contributed by atoms with van der Waals surface area (Å²) in [6.07, 6.45) is 3.20. The molecular weight excluding hydrogens is 350 g/mol. The van der Waals surface area contributed by atoms with Gasteiger partial charge in [-0.1, -0.05) is 6.07 Å². The number of nitrogens with zero attached hydrogens (tertiary/aromatic N) is 1. The normalized spacial score (nSPS) is 16.1. The SMILES string of the molecule is CC(=O)c1c2c(c3oc(=O)cc(C)c3c1O)C(c1cccnc1)CC(=O)O2. The lowest BCUT2D eigenvalue weighted by Gasteiger charge is -2.27. The van der Waals surface area contributed by atoms with Crippen LogP contribution < -0.4 is 10.4 Å². The first-order valence-corrected chi connectivity index (χ1v) is 8.33. The minimum Gasteiger partial charge on any atom is -0.506 e. The van der Waals surface area contributed by atoms with E-state index in [9.17, 15) is 19.5 Å².